The molecule has 7 heteroatoms. The van der Waals surface area contributed by atoms with Crippen LogP contribution in [0.2, 0.25) is 0 Å². The number of carbonyl (C=O) groups is 1. The van der Waals surface area contributed by atoms with E-state index in [1.54, 1.807) is 0 Å². The monoisotopic (exact) mass is 566 g/mol. The molecule has 8 atom stereocenters. The second-order valence-electron chi connectivity index (χ2n) is 14.6. The van der Waals surface area contributed by atoms with Crippen LogP contribution in [0.15, 0.2) is 0 Å². The molecule has 4 unspecified atom stereocenters. The van der Waals surface area contributed by atoms with Crippen LogP contribution in [0.25, 0.3) is 0 Å². The van der Waals surface area contributed by atoms with Crippen molar-refractivity contribution < 1.29 is 17.4 Å². The first-order valence-corrected chi connectivity index (χ1v) is 17.8. The van der Waals surface area contributed by atoms with Gasteiger partial charge in [0.25, 0.3) is 10.1 Å². The normalized spacial score (nSPS) is 37.1. The second-order valence-corrected chi connectivity index (χ2v) is 16.4. The summed E-state index contributed by atoms with van der Waals surface area (Å²) in [7, 11) is 0.368. The third-order valence-electron chi connectivity index (χ3n) is 12.1. The number of hydrogen-bond donors (Lipinski definition) is 1. The van der Waals surface area contributed by atoms with Crippen LogP contribution < -0.4 is 5.32 Å². The van der Waals surface area contributed by atoms with E-state index < -0.39 is 10.1 Å². The molecule has 39 heavy (non-hydrogen) atoms. The lowest BCUT2D eigenvalue weighted by Crippen LogP contribution is -2.53. The summed E-state index contributed by atoms with van der Waals surface area (Å²) < 4.78 is 29.0. The van der Waals surface area contributed by atoms with Gasteiger partial charge in [-0.15, -0.1) is 0 Å². The number of nitrogens with zero attached hydrogens (tertiary/aromatic N) is 1. The van der Waals surface area contributed by atoms with E-state index >= 15 is 0 Å². The van der Waals surface area contributed by atoms with Crippen LogP contribution in [0.3, 0.4) is 0 Å². The Bertz CT molecular complexity index is 923. The molecule has 4 aliphatic carbocycles. The molecular weight excluding hydrogens is 508 g/mol. The third-order valence-corrected chi connectivity index (χ3v) is 13.4. The Morgan fingerprint density at radius 3 is 2.51 bits per heavy atom. The maximum absolute atomic E-state index is 12.6. The number of rotatable bonds is 13. The molecule has 0 aromatic carbocycles. The van der Waals surface area contributed by atoms with Crippen molar-refractivity contribution in [3.63, 3.8) is 0 Å². The Balaban J connectivity index is 1.18. The lowest BCUT2D eigenvalue weighted by Gasteiger charge is -2.61. The highest BCUT2D eigenvalue weighted by Crippen LogP contribution is 2.68. The van der Waals surface area contributed by atoms with Gasteiger partial charge in [-0.1, -0.05) is 33.6 Å². The van der Waals surface area contributed by atoms with Gasteiger partial charge in [0.2, 0.25) is 5.91 Å². The van der Waals surface area contributed by atoms with Gasteiger partial charge in [0, 0.05) is 13.0 Å². The fourth-order valence-electron chi connectivity index (χ4n) is 10.0. The molecule has 6 nitrogen and oxygen atoms in total. The lowest BCUT2D eigenvalue weighted by atomic mass is 9.44. The number of carbonyl (C=O) groups excluding carboxylic acids is 1. The molecule has 0 spiro atoms. The Kier molecular flexibility index (Phi) is 10.5. The Morgan fingerprint density at radius 2 is 1.74 bits per heavy atom. The van der Waals surface area contributed by atoms with Crippen LogP contribution in [0, 0.1) is 46.3 Å². The van der Waals surface area contributed by atoms with Crippen molar-refractivity contribution in [2.75, 3.05) is 39.5 Å². The van der Waals surface area contributed by atoms with Gasteiger partial charge in [-0.2, -0.15) is 8.42 Å². The molecule has 4 aliphatic rings. The van der Waals surface area contributed by atoms with Gasteiger partial charge in [-0.05, 0) is 138 Å². The maximum Gasteiger partial charge on any atom is 0.267 e. The van der Waals surface area contributed by atoms with Crippen LogP contribution in [0.1, 0.15) is 111 Å². The molecule has 0 aromatic rings. The minimum absolute atomic E-state index is 0.0393. The van der Waals surface area contributed by atoms with Gasteiger partial charge in [-0.3, -0.25) is 8.98 Å². The summed E-state index contributed by atoms with van der Waals surface area (Å²) >= 11 is 0. The summed E-state index contributed by atoms with van der Waals surface area (Å²) in [5, 5.41) is 2.99. The first-order valence-electron chi connectivity index (χ1n) is 16.2. The quantitative estimate of drug-likeness (QED) is 0.210. The van der Waals surface area contributed by atoms with Crippen molar-refractivity contribution in [3.8, 4) is 0 Å². The standard InChI is InChI=1S/C32H58N2O4S/c1-24(11-16-30(35)33-20-8-22-38-39(36,37)23-9-21-34(4)5)27-14-15-28-26-13-12-25-10-6-7-18-31(25,2)29(26)17-19-32(27,28)3/h24-29H,6-23H2,1-5H3,(H,33,35)/t24-,25?,26?,27-,28?,29?,31+,32-/m1/s1. The van der Waals surface area contributed by atoms with Crippen molar-refractivity contribution in [1.82, 2.24) is 10.2 Å². The third kappa shape index (κ3) is 7.23. The zero-order valence-corrected chi connectivity index (χ0v) is 26.5. The summed E-state index contributed by atoms with van der Waals surface area (Å²) in [5.74, 6) is 5.18. The van der Waals surface area contributed by atoms with Crippen molar-refractivity contribution in [2.45, 2.75) is 111 Å². The van der Waals surface area contributed by atoms with E-state index in [9.17, 15) is 13.2 Å². The molecule has 1 N–H and O–H groups in total. The SMILES string of the molecule is C[C@H](CCC(=O)NCCCOS(=O)(=O)CCCN(C)C)[C@H]1CCC2C3CCC4CCCC[C@]4(C)C3CC[C@@]21C. The van der Waals surface area contributed by atoms with Crippen LogP contribution in [0.4, 0.5) is 0 Å². The fraction of sp³-hybridized carbons (Fsp3) is 0.969. The van der Waals surface area contributed by atoms with Crippen molar-refractivity contribution >= 4 is 16.0 Å². The molecule has 0 aromatic heterocycles. The Morgan fingerprint density at radius 1 is 0.974 bits per heavy atom. The predicted molar refractivity (Wildman–Crippen MR) is 159 cm³/mol. The molecule has 0 radical (unpaired) electrons. The van der Waals surface area contributed by atoms with Gasteiger partial charge in [0.1, 0.15) is 0 Å². The van der Waals surface area contributed by atoms with E-state index in [-0.39, 0.29) is 18.3 Å². The average molecular weight is 567 g/mol. The molecule has 4 saturated carbocycles. The molecule has 1 amide bonds. The summed E-state index contributed by atoms with van der Waals surface area (Å²) in [6, 6.07) is 0. The molecule has 0 aliphatic heterocycles. The maximum atomic E-state index is 12.6. The number of amides is 1. The van der Waals surface area contributed by atoms with Gasteiger partial charge in [0.05, 0.1) is 12.4 Å². The highest BCUT2D eigenvalue weighted by atomic mass is 32.2. The van der Waals surface area contributed by atoms with Gasteiger partial charge in [0.15, 0.2) is 0 Å². The van der Waals surface area contributed by atoms with Crippen molar-refractivity contribution in [1.29, 1.82) is 0 Å². The molecule has 4 rings (SSSR count). The number of fused-ring (bicyclic) bond motifs is 5. The second kappa shape index (κ2) is 13.1. The number of nitrogens with one attached hydrogen (secondary N) is 1. The molecule has 0 bridgehead atoms. The van der Waals surface area contributed by atoms with Gasteiger partial charge in [-0.25, -0.2) is 0 Å². The minimum Gasteiger partial charge on any atom is -0.356 e. The van der Waals surface area contributed by atoms with Crippen molar-refractivity contribution in [3.05, 3.63) is 0 Å². The summed E-state index contributed by atoms with van der Waals surface area (Å²) in [6.45, 7) is 9.00. The number of hydrogen-bond acceptors (Lipinski definition) is 5. The first kappa shape index (κ1) is 31.3. The lowest BCUT2D eigenvalue weighted by molar-refractivity contribution is -0.122. The predicted octanol–water partition coefficient (Wildman–Crippen LogP) is 6.26. The van der Waals surface area contributed by atoms with Crippen LogP contribution in [-0.2, 0) is 19.1 Å². The van der Waals surface area contributed by atoms with Crippen LogP contribution >= 0.6 is 0 Å². The van der Waals surface area contributed by atoms with Crippen LogP contribution in [-0.4, -0.2) is 58.8 Å². The summed E-state index contributed by atoms with van der Waals surface area (Å²) in [4.78, 5) is 14.5. The summed E-state index contributed by atoms with van der Waals surface area (Å²) in [5.41, 5.74) is 1.05. The smallest absolute Gasteiger partial charge is 0.267 e. The average Bonchev–Trinajstić information content (AvgIpc) is 3.23. The Labute approximate surface area is 239 Å². The van der Waals surface area contributed by atoms with Crippen molar-refractivity contribution in [2.24, 2.45) is 46.3 Å². The van der Waals surface area contributed by atoms with Gasteiger partial charge >= 0.3 is 0 Å². The van der Waals surface area contributed by atoms with E-state index in [0.717, 1.165) is 42.6 Å². The minimum atomic E-state index is -3.48. The zero-order valence-electron chi connectivity index (χ0n) is 25.7. The van der Waals surface area contributed by atoms with E-state index in [0.29, 0.717) is 42.6 Å². The molecule has 0 saturated heterocycles. The highest BCUT2D eigenvalue weighted by molar-refractivity contribution is 7.86. The van der Waals surface area contributed by atoms with Gasteiger partial charge < -0.3 is 10.2 Å². The van der Waals surface area contributed by atoms with E-state index in [2.05, 4.69) is 26.1 Å². The first-order chi connectivity index (χ1) is 18.5. The topological polar surface area (TPSA) is 75.7 Å². The molecule has 226 valence electrons. The molecule has 4 fully saturated rings. The summed E-state index contributed by atoms with van der Waals surface area (Å²) in [6.07, 6.45) is 16.9. The van der Waals surface area contributed by atoms with Crippen LogP contribution in [0.5, 0.6) is 0 Å². The zero-order chi connectivity index (χ0) is 28.3. The van der Waals surface area contributed by atoms with E-state index in [4.69, 9.17) is 4.18 Å². The van der Waals surface area contributed by atoms with E-state index in [1.807, 2.05) is 19.0 Å². The highest BCUT2D eigenvalue weighted by Gasteiger charge is 2.60. The fourth-order valence-corrected chi connectivity index (χ4v) is 11.0. The Hall–Kier alpha value is -0.660. The molecule has 0 heterocycles. The van der Waals surface area contributed by atoms with E-state index in [1.165, 1.54) is 64.2 Å². The molecular formula is C32H58N2O4S. The largest absolute Gasteiger partial charge is 0.356 e.